The molecule has 3 N–H and O–H groups in total. The second-order valence-electron chi connectivity index (χ2n) is 4.67. The molecule has 0 spiro atoms. The summed E-state index contributed by atoms with van der Waals surface area (Å²) in [6.45, 7) is 4.80. The molecule has 0 aromatic heterocycles. The molecule has 4 nitrogen and oxygen atoms in total. The molecule has 2 aliphatic rings. The predicted molar refractivity (Wildman–Crippen MR) is 58.2 cm³/mol. The van der Waals surface area contributed by atoms with Gasteiger partial charge >= 0.3 is 0 Å². The standard InChI is InChI=1S/C11H22N2O2/c1-8-10(4-7-15-8)11(13-12)9-2-5-14-6-3-9/h8-11,13H,2-7,12H2,1H3. The van der Waals surface area contributed by atoms with Gasteiger partial charge < -0.3 is 9.47 Å². The average Bonchev–Trinajstić information content (AvgIpc) is 2.68. The third-order valence-electron chi connectivity index (χ3n) is 3.86. The molecule has 2 aliphatic heterocycles. The van der Waals surface area contributed by atoms with Crippen LogP contribution in [0, 0.1) is 11.8 Å². The monoisotopic (exact) mass is 214 g/mol. The zero-order chi connectivity index (χ0) is 10.7. The molecule has 0 saturated carbocycles. The number of nitrogens with two attached hydrogens (primary N) is 1. The molecular weight excluding hydrogens is 192 g/mol. The van der Waals surface area contributed by atoms with Crippen LogP contribution in [0.25, 0.3) is 0 Å². The van der Waals surface area contributed by atoms with Crippen molar-refractivity contribution in [2.75, 3.05) is 19.8 Å². The van der Waals surface area contributed by atoms with Crippen molar-refractivity contribution in [1.29, 1.82) is 0 Å². The Labute approximate surface area is 91.5 Å². The van der Waals surface area contributed by atoms with Crippen LogP contribution in [-0.2, 0) is 9.47 Å². The molecule has 2 rings (SSSR count). The van der Waals surface area contributed by atoms with Gasteiger partial charge in [-0.25, -0.2) is 0 Å². The molecule has 88 valence electrons. The maximum absolute atomic E-state index is 5.70. The smallest absolute Gasteiger partial charge is 0.0591 e. The summed E-state index contributed by atoms with van der Waals surface area (Å²) < 4.78 is 11.0. The van der Waals surface area contributed by atoms with Crippen molar-refractivity contribution < 1.29 is 9.47 Å². The van der Waals surface area contributed by atoms with E-state index in [0.29, 0.717) is 24.0 Å². The van der Waals surface area contributed by atoms with Crippen molar-refractivity contribution >= 4 is 0 Å². The van der Waals surface area contributed by atoms with E-state index in [9.17, 15) is 0 Å². The van der Waals surface area contributed by atoms with Crippen LogP contribution >= 0.6 is 0 Å². The van der Waals surface area contributed by atoms with Gasteiger partial charge in [0.2, 0.25) is 0 Å². The van der Waals surface area contributed by atoms with Gasteiger partial charge in [-0.1, -0.05) is 0 Å². The predicted octanol–water partition coefficient (Wildman–Crippen LogP) is 0.670. The van der Waals surface area contributed by atoms with E-state index in [1.807, 2.05) is 0 Å². The fourth-order valence-corrected chi connectivity index (χ4v) is 2.90. The van der Waals surface area contributed by atoms with Gasteiger partial charge in [0.1, 0.15) is 0 Å². The summed E-state index contributed by atoms with van der Waals surface area (Å²) in [5.74, 6) is 6.92. The first-order chi connectivity index (χ1) is 7.33. The topological polar surface area (TPSA) is 56.5 Å². The van der Waals surface area contributed by atoms with E-state index in [1.165, 1.54) is 0 Å². The third kappa shape index (κ3) is 2.50. The number of ether oxygens (including phenoxy) is 2. The maximum atomic E-state index is 5.70. The number of hydrogen-bond acceptors (Lipinski definition) is 4. The van der Waals surface area contributed by atoms with Crippen LogP contribution in [0.5, 0.6) is 0 Å². The van der Waals surface area contributed by atoms with E-state index in [0.717, 1.165) is 39.1 Å². The molecule has 2 saturated heterocycles. The first-order valence-electron chi connectivity index (χ1n) is 5.98. The average molecular weight is 214 g/mol. The maximum Gasteiger partial charge on any atom is 0.0591 e. The normalized spacial score (nSPS) is 35.6. The van der Waals surface area contributed by atoms with Crippen LogP contribution in [0.3, 0.4) is 0 Å². The molecule has 2 fully saturated rings. The van der Waals surface area contributed by atoms with Crippen LogP contribution in [0.2, 0.25) is 0 Å². The van der Waals surface area contributed by atoms with Gasteiger partial charge in [-0.05, 0) is 32.1 Å². The zero-order valence-electron chi connectivity index (χ0n) is 9.45. The molecule has 0 aliphatic carbocycles. The second kappa shape index (κ2) is 5.25. The Hall–Kier alpha value is -0.160. The van der Waals surface area contributed by atoms with E-state index in [4.69, 9.17) is 15.3 Å². The Balaban J connectivity index is 1.95. The molecule has 3 unspecified atom stereocenters. The number of rotatable bonds is 3. The lowest BCUT2D eigenvalue weighted by Crippen LogP contribution is -2.49. The van der Waals surface area contributed by atoms with E-state index in [-0.39, 0.29) is 0 Å². The molecular formula is C11H22N2O2. The van der Waals surface area contributed by atoms with Gasteiger partial charge in [0.25, 0.3) is 0 Å². The molecule has 15 heavy (non-hydrogen) atoms. The van der Waals surface area contributed by atoms with Crippen molar-refractivity contribution in [2.24, 2.45) is 17.7 Å². The van der Waals surface area contributed by atoms with Gasteiger partial charge in [-0.3, -0.25) is 11.3 Å². The Kier molecular flexibility index (Phi) is 3.97. The minimum Gasteiger partial charge on any atom is -0.381 e. The van der Waals surface area contributed by atoms with E-state index in [2.05, 4.69) is 12.3 Å². The Morgan fingerprint density at radius 2 is 1.93 bits per heavy atom. The van der Waals surface area contributed by atoms with Crippen LogP contribution in [0.4, 0.5) is 0 Å². The minimum atomic E-state index is 0.342. The highest BCUT2D eigenvalue weighted by molar-refractivity contribution is 4.88. The van der Waals surface area contributed by atoms with E-state index >= 15 is 0 Å². The Morgan fingerprint density at radius 1 is 1.20 bits per heavy atom. The summed E-state index contributed by atoms with van der Waals surface area (Å²) in [5.41, 5.74) is 3.01. The van der Waals surface area contributed by atoms with Crippen molar-refractivity contribution in [3.63, 3.8) is 0 Å². The van der Waals surface area contributed by atoms with Crippen LogP contribution in [0.15, 0.2) is 0 Å². The second-order valence-corrected chi connectivity index (χ2v) is 4.67. The van der Waals surface area contributed by atoms with Crippen molar-refractivity contribution in [2.45, 2.75) is 38.3 Å². The summed E-state index contributed by atoms with van der Waals surface area (Å²) >= 11 is 0. The van der Waals surface area contributed by atoms with Gasteiger partial charge in [0.05, 0.1) is 6.10 Å². The quantitative estimate of drug-likeness (QED) is 0.535. The molecule has 2 heterocycles. The summed E-state index contributed by atoms with van der Waals surface area (Å²) in [5, 5.41) is 0. The lowest BCUT2D eigenvalue weighted by atomic mass is 9.81. The van der Waals surface area contributed by atoms with Crippen LogP contribution in [-0.4, -0.2) is 32.0 Å². The van der Waals surface area contributed by atoms with Crippen LogP contribution < -0.4 is 11.3 Å². The van der Waals surface area contributed by atoms with Gasteiger partial charge in [-0.2, -0.15) is 0 Å². The summed E-state index contributed by atoms with van der Waals surface area (Å²) in [6.07, 6.45) is 3.72. The first kappa shape index (κ1) is 11.3. The lowest BCUT2D eigenvalue weighted by Gasteiger charge is -2.34. The summed E-state index contributed by atoms with van der Waals surface area (Å²) in [7, 11) is 0. The van der Waals surface area contributed by atoms with E-state index in [1.54, 1.807) is 0 Å². The zero-order valence-corrected chi connectivity index (χ0v) is 9.45. The van der Waals surface area contributed by atoms with E-state index < -0.39 is 0 Å². The number of nitrogens with one attached hydrogen (secondary N) is 1. The summed E-state index contributed by atoms with van der Waals surface area (Å²) in [4.78, 5) is 0. The lowest BCUT2D eigenvalue weighted by molar-refractivity contribution is 0.0315. The van der Waals surface area contributed by atoms with Crippen LogP contribution in [0.1, 0.15) is 26.2 Å². The van der Waals surface area contributed by atoms with Gasteiger partial charge in [-0.15, -0.1) is 0 Å². The minimum absolute atomic E-state index is 0.342. The van der Waals surface area contributed by atoms with Crippen molar-refractivity contribution in [3.05, 3.63) is 0 Å². The molecule has 0 amide bonds. The fourth-order valence-electron chi connectivity index (χ4n) is 2.90. The molecule has 4 heteroatoms. The summed E-state index contributed by atoms with van der Waals surface area (Å²) in [6, 6.07) is 0.395. The SMILES string of the molecule is CC1OCCC1C(NN)C1CCOCC1. The first-order valence-corrected chi connectivity index (χ1v) is 5.98. The number of hydrogen-bond donors (Lipinski definition) is 2. The molecule has 0 aromatic rings. The fraction of sp³-hybridized carbons (Fsp3) is 1.00. The van der Waals surface area contributed by atoms with Gasteiger partial charge in [0.15, 0.2) is 0 Å². The molecule has 0 radical (unpaired) electrons. The van der Waals surface area contributed by atoms with Gasteiger partial charge in [0, 0.05) is 31.8 Å². The highest BCUT2D eigenvalue weighted by Gasteiger charge is 2.36. The molecule has 0 aromatic carbocycles. The molecule has 3 atom stereocenters. The molecule has 0 bridgehead atoms. The highest BCUT2D eigenvalue weighted by Crippen LogP contribution is 2.31. The Bertz CT molecular complexity index is 195. The van der Waals surface area contributed by atoms with Crippen molar-refractivity contribution in [3.8, 4) is 0 Å². The largest absolute Gasteiger partial charge is 0.381 e. The highest BCUT2D eigenvalue weighted by atomic mass is 16.5. The Morgan fingerprint density at radius 3 is 2.47 bits per heavy atom. The third-order valence-corrected chi connectivity index (χ3v) is 3.86. The van der Waals surface area contributed by atoms with Crippen molar-refractivity contribution in [1.82, 2.24) is 5.43 Å². The number of hydrazine groups is 1.